The Morgan fingerprint density at radius 1 is 0.912 bits per heavy atom. The molecular weight excluding hydrogens is 452 g/mol. The van der Waals surface area contributed by atoms with Crippen LogP contribution in [-0.2, 0) is 23.9 Å². The molecule has 0 heterocycles. The van der Waals surface area contributed by atoms with Crippen molar-refractivity contribution in [2.45, 2.75) is 39.3 Å². The smallest absolute Gasteiger partial charge is 0.408 e. The third-order valence-corrected chi connectivity index (χ3v) is 3.80. The van der Waals surface area contributed by atoms with Crippen LogP contribution < -0.4 is 26.6 Å². The number of nitro groups is 1. The Bertz CT molecular complexity index is 926. The summed E-state index contributed by atoms with van der Waals surface area (Å²) in [7, 11) is 0. The van der Waals surface area contributed by atoms with Gasteiger partial charge in [0.1, 0.15) is 18.2 Å². The van der Waals surface area contributed by atoms with Crippen LogP contribution in [0, 0.1) is 10.1 Å². The third-order valence-electron chi connectivity index (χ3n) is 3.80. The molecule has 0 aliphatic carbocycles. The van der Waals surface area contributed by atoms with Gasteiger partial charge in [-0.05, 0) is 39.8 Å². The molecule has 1 rings (SSSR count). The summed E-state index contributed by atoms with van der Waals surface area (Å²) in [5.41, 5.74) is -0.545. The number of rotatable bonds is 10. The molecule has 14 nitrogen and oxygen atoms in total. The van der Waals surface area contributed by atoms with Crippen LogP contribution in [0.15, 0.2) is 24.3 Å². The normalized spacial score (nSPS) is 11.4. The molecule has 0 aliphatic rings. The average Bonchev–Trinajstić information content (AvgIpc) is 2.73. The van der Waals surface area contributed by atoms with Gasteiger partial charge in [-0.25, -0.2) is 4.79 Å². The number of anilines is 1. The van der Waals surface area contributed by atoms with E-state index in [4.69, 9.17) is 4.74 Å². The van der Waals surface area contributed by atoms with E-state index in [0.29, 0.717) is 5.69 Å². The largest absolute Gasteiger partial charge is 0.444 e. The van der Waals surface area contributed by atoms with Crippen molar-refractivity contribution in [1.29, 1.82) is 0 Å². The Labute approximate surface area is 195 Å². The van der Waals surface area contributed by atoms with Gasteiger partial charge in [0.15, 0.2) is 0 Å². The molecule has 0 fully saturated rings. The highest BCUT2D eigenvalue weighted by Crippen LogP contribution is 2.15. The van der Waals surface area contributed by atoms with Crippen molar-refractivity contribution >= 4 is 41.1 Å². The van der Waals surface area contributed by atoms with E-state index in [-0.39, 0.29) is 5.69 Å². The summed E-state index contributed by atoms with van der Waals surface area (Å²) >= 11 is 0. The molecule has 0 bridgehead atoms. The molecule has 0 unspecified atom stereocenters. The number of hydrogen-bond donors (Lipinski definition) is 5. The minimum absolute atomic E-state index is 0.134. The maximum atomic E-state index is 12.1. The molecule has 1 aromatic carbocycles. The standard InChI is InChI=1S/C20H28N6O8/c1-12(18(30)25-13-5-7-14(8-6-13)26(32)33)24-17(29)11-22-15(27)9-21-16(28)10-23-19(31)34-20(2,3)4/h5-8,12H,9-11H2,1-4H3,(H,21,28)(H,22,27)(H,23,31)(H,24,29)(H,25,30)/t12-/m0/s1. The molecule has 0 aliphatic heterocycles. The zero-order valence-electron chi connectivity index (χ0n) is 19.2. The van der Waals surface area contributed by atoms with Crippen molar-refractivity contribution in [2.24, 2.45) is 0 Å². The van der Waals surface area contributed by atoms with Crippen LogP contribution in [0.25, 0.3) is 0 Å². The molecule has 0 radical (unpaired) electrons. The van der Waals surface area contributed by atoms with Gasteiger partial charge < -0.3 is 31.3 Å². The first-order valence-corrected chi connectivity index (χ1v) is 10.1. The molecule has 0 saturated heterocycles. The molecule has 0 saturated carbocycles. The maximum absolute atomic E-state index is 12.1. The van der Waals surface area contributed by atoms with Gasteiger partial charge in [0.2, 0.25) is 23.6 Å². The Morgan fingerprint density at radius 2 is 1.41 bits per heavy atom. The lowest BCUT2D eigenvalue weighted by atomic mass is 10.2. The number of ether oxygens (including phenoxy) is 1. The number of carbonyl (C=O) groups is 5. The molecule has 34 heavy (non-hydrogen) atoms. The molecule has 5 amide bonds. The number of alkyl carbamates (subject to hydrolysis) is 1. The lowest BCUT2D eigenvalue weighted by molar-refractivity contribution is -0.384. The number of non-ortho nitro benzene ring substituents is 1. The molecule has 14 heteroatoms. The molecule has 1 atom stereocenters. The maximum Gasteiger partial charge on any atom is 0.408 e. The van der Waals surface area contributed by atoms with Crippen LogP contribution in [0.5, 0.6) is 0 Å². The van der Waals surface area contributed by atoms with Crippen molar-refractivity contribution in [2.75, 3.05) is 25.0 Å². The van der Waals surface area contributed by atoms with Crippen LogP contribution in [0.4, 0.5) is 16.2 Å². The fourth-order valence-electron chi connectivity index (χ4n) is 2.22. The van der Waals surface area contributed by atoms with E-state index in [1.165, 1.54) is 31.2 Å². The van der Waals surface area contributed by atoms with Gasteiger partial charge in [-0.2, -0.15) is 0 Å². The number of nitrogens with one attached hydrogen (secondary N) is 5. The van der Waals surface area contributed by atoms with Gasteiger partial charge in [-0.15, -0.1) is 0 Å². The lowest BCUT2D eigenvalue weighted by Gasteiger charge is -2.19. The van der Waals surface area contributed by atoms with Gasteiger partial charge in [0.25, 0.3) is 5.69 Å². The zero-order chi connectivity index (χ0) is 25.9. The van der Waals surface area contributed by atoms with Crippen LogP contribution in [0.3, 0.4) is 0 Å². The lowest BCUT2D eigenvalue weighted by Crippen LogP contribution is -2.48. The molecule has 0 spiro atoms. The second kappa shape index (κ2) is 12.7. The number of carbonyl (C=O) groups excluding carboxylic acids is 5. The fraction of sp³-hybridized carbons (Fsp3) is 0.450. The predicted octanol–water partition coefficient (Wildman–Crippen LogP) is -0.205. The van der Waals surface area contributed by atoms with E-state index < -0.39 is 65.9 Å². The molecule has 0 aromatic heterocycles. The summed E-state index contributed by atoms with van der Waals surface area (Å²) in [6, 6.07) is 4.18. The summed E-state index contributed by atoms with van der Waals surface area (Å²) in [5, 5.41) is 22.3. The Balaban J connectivity index is 2.29. The van der Waals surface area contributed by atoms with Gasteiger partial charge in [-0.1, -0.05) is 0 Å². The third kappa shape index (κ3) is 11.4. The summed E-state index contributed by atoms with van der Waals surface area (Å²) in [5.74, 6) is -2.53. The first-order chi connectivity index (χ1) is 15.8. The minimum Gasteiger partial charge on any atom is -0.444 e. The molecule has 1 aromatic rings. The Morgan fingerprint density at radius 3 is 1.91 bits per heavy atom. The summed E-state index contributed by atoms with van der Waals surface area (Å²) in [4.78, 5) is 69.0. The monoisotopic (exact) mass is 480 g/mol. The van der Waals surface area contributed by atoms with Crippen LogP contribution in [-0.4, -0.2) is 65.9 Å². The van der Waals surface area contributed by atoms with Crippen molar-refractivity contribution in [3.8, 4) is 0 Å². The van der Waals surface area contributed by atoms with Crippen molar-refractivity contribution in [3.63, 3.8) is 0 Å². The second-order valence-corrected chi connectivity index (χ2v) is 7.99. The predicted molar refractivity (Wildman–Crippen MR) is 120 cm³/mol. The van der Waals surface area contributed by atoms with E-state index in [0.717, 1.165) is 0 Å². The van der Waals surface area contributed by atoms with Crippen LogP contribution in [0.1, 0.15) is 27.7 Å². The second-order valence-electron chi connectivity index (χ2n) is 7.99. The number of benzene rings is 1. The molecule has 5 N–H and O–H groups in total. The number of amides is 5. The Kier molecular flexibility index (Phi) is 10.4. The highest BCUT2D eigenvalue weighted by atomic mass is 16.6. The van der Waals surface area contributed by atoms with Gasteiger partial charge in [-0.3, -0.25) is 29.3 Å². The fourth-order valence-corrected chi connectivity index (χ4v) is 2.22. The van der Waals surface area contributed by atoms with E-state index in [1.54, 1.807) is 20.8 Å². The zero-order valence-corrected chi connectivity index (χ0v) is 19.2. The first kappa shape index (κ1) is 27.8. The van der Waals surface area contributed by atoms with E-state index in [9.17, 15) is 34.1 Å². The van der Waals surface area contributed by atoms with Crippen molar-refractivity contribution < 1.29 is 33.6 Å². The first-order valence-electron chi connectivity index (χ1n) is 10.1. The van der Waals surface area contributed by atoms with Crippen molar-refractivity contribution in [1.82, 2.24) is 21.3 Å². The average molecular weight is 480 g/mol. The van der Waals surface area contributed by atoms with Gasteiger partial charge in [0.05, 0.1) is 18.0 Å². The summed E-state index contributed by atoms with van der Waals surface area (Å²) < 4.78 is 4.97. The minimum atomic E-state index is -0.960. The molecule has 186 valence electrons. The quantitative estimate of drug-likeness (QED) is 0.224. The number of hydrogen-bond acceptors (Lipinski definition) is 8. The topological polar surface area (TPSA) is 198 Å². The van der Waals surface area contributed by atoms with E-state index in [2.05, 4.69) is 26.6 Å². The molecular formula is C20H28N6O8. The van der Waals surface area contributed by atoms with E-state index >= 15 is 0 Å². The van der Waals surface area contributed by atoms with Gasteiger partial charge in [0, 0.05) is 17.8 Å². The van der Waals surface area contributed by atoms with Gasteiger partial charge >= 0.3 is 6.09 Å². The highest BCUT2D eigenvalue weighted by Gasteiger charge is 2.18. The summed E-state index contributed by atoms with van der Waals surface area (Å²) in [6.45, 7) is 5.14. The van der Waals surface area contributed by atoms with Crippen LogP contribution >= 0.6 is 0 Å². The summed E-state index contributed by atoms with van der Waals surface area (Å²) in [6.07, 6.45) is -0.782. The number of nitrogens with zero attached hydrogens (tertiary/aromatic N) is 1. The van der Waals surface area contributed by atoms with Crippen molar-refractivity contribution in [3.05, 3.63) is 34.4 Å². The Hall–Kier alpha value is -4.23. The highest BCUT2D eigenvalue weighted by molar-refractivity contribution is 5.97. The van der Waals surface area contributed by atoms with E-state index in [1.807, 2.05) is 0 Å². The number of nitro benzene ring substituents is 1. The SMILES string of the molecule is C[C@H](NC(=O)CNC(=O)CNC(=O)CNC(=O)OC(C)(C)C)C(=O)Nc1ccc([N+](=O)[O-])cc1. The van der Waals surface area contributed by atoms with Crippen LogP contribution in [0.2, 0.25) is 0 Å².